The minimum atomic E-state index is -0.503. The molecule has 0 heterocycles. The van der Waals surface area contributed by atoms with Gasteiger partial charge in [0.05, 0.1) is 5.41 Å². The van der Waals surface area contributed by atoms with Gasteiger partial charge in [-0.25, -0.2) is 4.79 Å². The summed E-state index contributed by atoms with van der Waals surface area (Å²) >= 11 is 0. The summed E-state index contributed by atoms with van der Waals surface area (Å²) in [6.07, 6.45) is 3.73. The van der Waals surface area contributed by atoms with Gasteiger partial charge >= 0.3 is 11.9 Å². The number of carbonyl (C=O) groups excluding carboxylic acids is 2. The molecule has 0 aliphatic carbocycles. The first-order chi connectivity index (χ1) is 9.95. The van der Waals surface area contributed by atoms with E-state index >= 15 is 0 Å². The van der Waals surface area contributed by atoms with Crippen LogP contribution in [0.1, 0.15) is 32.8 Å². The zero-order valence-electron chi connectivity index (χ0n) is 12.8. The molecule has 0 amide bonds. The number of ether oxygens (including phenoxy) is 2. The summed E-state index contributed by atoms with van der Waals surface area (Å²) in [6, 6.07) is 9.46. The second-order valence-corrected chi connectivity index (χ2v) is 5.28. The fraction of sp³-hybridized carbons (Fsp3) is 0.412. The van der Waals surface area contributed by atoms with Crippen LogP contribution in [0.15, 0.2) is 36.4 Å². The van der Waals surface area contributed by atoms with Crippen LogP contribution in [0.5, 0.6) is 0 Å². The number of esters is 2. The fourth-order valence-corrected chi connectivity index (χ4v) is 1.39. The first-order valence-electron chi connectivity index (χ1n) is 7.03. The van der Waals surface area contributed by atoms with Crippen molar-refractivity contribution in [2.24, 2.45) is 5.41 Å². The van der Waals surface area contributed by atoms with Crippen molar-refractivity contribution in [2.75, 3.05) is 13.2 Å². The van der Waals surface area contributed by atoms with Crippen LogP contribution >= 0.6 is 0 Å². The number of benzene rings is 1. The van der Waals surface area contributed by atoms with Crippen LogP contribution < -0.4 is 0 Å². The zero-order valence-corrected chi connectivity index (χ0v) is 12.8. The topological polar surface area (TPSA) is 52.6 Å². The van der Waals surface area contributed by atoms with Gasteiger partial charge in [0.15, 0.2) is 0 Å². The summed E-state index contributed by atoms with van der Waals surface area (Å²) in [5, 5.41) is 0. The molecule has 0 spiro atoms. The highest BCUT2D eigenvalue weighted by Gasteiger charge is 2.26. The van der Waals surface area contributed by atoms with Gasteiger partial charge in [-0.3, -0.25) is 4.79 Å². The Labute approximate surface area is 125 Å². The van der Waals surface area contributed by atoms with Gasteiger partial charge in [-0.1, -0.05) is 37.3 Å². The lowest BCUT2D eigenvalue weighted by Crippen LogP contribution is -2.27. The Bertz CT molecular complexity index is 489. The summed E-state index contributed by atoms with van der Waals surface area (Å²) in [5.74, 6) is -0.731. The Balaban J connectivity index is 2.26. The molecule has 0 aliphatic heterocycles. The van der Waals surface area contributed by atoms with E-state index < -0.39 is 11.4 Å². The Morgan fingerprint density at radius 2 is 1.71 bits per heavy atom. The summed E-state index contributed by atoms with van der Waals surface area (Å²) in [5.41, 5.74) is 0.419. The molecule has 114 valence electrons. The highest BCUT2D eigenvalue weighted by Crippen LogP contribution is 2.21. The Hall–Kier alpha value is -2.10. The van der Waals surface area contributed by atoms with Gasteiger partial charge in [-0.05, 0) is 31.9 Å². The van der Waals surface area contributed by atoms with Crippen molar-refractivity contribution >= 4 is 18.0 Å². The Morgan fingerprint density at radius 1 is 1.10 bits per heavy atom. The summed E-state index contributed by atoms with van der Waals surface area (Å²) in [4.78, 5) is 23.1. The third-order valence-electron chi connectivity index (χ3n) is 3.21. The summed E-state index contributed by atoms with van der Waals surface area (Å²) < 4.78 is 10.0. The van der Waals surface area contributed by atoms with E-state index in [4.69, 9.17) is 9.47 Å². The molecule has 0 aromatic heterocycles. The van der Waals surface area contributed by atoms with Gasteiger partial charge in [-0.2, -0.15) is 0 Å². The average Bonchev–Trinajstić information content (AvgIpc) is 2.50. The van der Waals surface area contributed by atoms with Crippen molar-refractivity contribution in [1.29, 1.82) is 0 Å². The maximum absolute atomic E-state index is 11.7. The SMILES string of the molecule is CCC(C)(C)C(=O)OCCOC(=O)/C=C/c1ccccc1. The minimum absolute atomic E-state index is 0.0590. The smallest absolute Gasteiger partial charge is 0.330 e. The molecule has 4 nitrogen and oxygen atoms in total. The highest BCUT2D eigenvalue weighted by atomic mass is 16.6. The molecule has 1 aromatic carbocycles. The molecule has 0 bridgehead atoms. The maximum atomic E-state index is 11.7. The number of hydrogen-bond acceptors (Lipinski definition) is 4. The first kappa shape index (κ1) is 17.0. The van der Waals surface area contributed by atoms with Crippen LogP contribution in [0, 0.1) is 5.41 Å². The summed E-state index contributed by atoms with van der Waals surface area (Å²) in [6.45, 7) is 5.71. The van der Waals surface area contributed by atoms with Crippen molar-refractivity contribution in [2.45, 2.75) is 27.2 Å². The van der Waals surface area contributed by atoms with Crippen molar-refractivity contribution in [3.8, 4) is 0 Å². The molecule has 21 heavy (non-hydrogen) atoms. The van der Waals surface area contributed by atoms with E-state index in [2.05, 4.69) is 0 Å². The quantitative estimate of drug-likeness (QED) is 0.439. The molecule has 0 unspecified atom stereocenters. The largest absolute Gasteiger partial charge is 0.462 e. The molecule has 0 N–H and O–H groups in total. The van der Waals surface area contributed by atoms with Gasteiger partial charge in [-0.15, -0.1) is 0 Å². The van der Waals surface area contributed by atoms with E-state index in [9.17, 15) is 9.59 Å². The van der Waals surface area contributed by atoms with E-state index in [1.54, 1.807) is 6.08 Å². The van der Waals surface area contributed by atoms with Crippen LogP contribution in [-0.2, 0) is 19.1 Å². The molecular formula is C17H22O4. The van der Waals surface area contributed by atoms with Gasteiger partial charge < -0.3 is 9.47 Å². The van der Waals surface area contributed by atoms with Crippen LogP contribution in [0.2, 0.25) is 0 Å². The lowest BCUT2D eigenvalue weighted by atomic mass is 9.91. The lowest BCUT2D eigenvalue weighted by molar-refractivity contribution is -0.157. The highest BCUT2D eigenvalue weighted by molar-refractivity contribution is 5.87. The van der Waals surface area contributed by atoms with Crippen molar-refractivity contribution in [1.82, 2.24) is 0 Å². The monoisotopic (exact) mass is 290 g/mol. The van der Waals surface area contributed by atoms with Gasteiger partial charge in [0.2, 0.25) is 0 Å². The molecule has 1 aromatic rings. The van der Waals surface area contributed by atoms with Crippen LogP contribution in [0.3, 0.4) is 0 Å². The third-order valence-corrected chi connectivity index (χ3v) is 3.21. The van der Waals surface area contributed by atoms with Gasteiger partial charge in [0, 0.05) is 6.08 Å². The second kappa shape index (κ2) is 8.25. The Morgan fingerprint density at radius 3 is 2.33 bits per heavy atom. The lowest BCUT2D eigenvalue weighted by Gasteiger charge is -2.20. The van der Waals surface area contributed by atoms with Crippen LogP contribution in [0.25, 0.3) is 6.08 Å². The molecule has 1 rings (SSSR count). The van der Waals surface area contributed by atoms with Crippen molar-refractivity contribution in [3.63, 3.8) is 0 Å². The van der Waals surface area contributed by atoms with Crippen LogP contribution in [-0.4, -0.2) is 25.2 Å². The first-order valence-corrected chi connectivity index (χ1v) is 7.03. The molecule has 0 fully saturated rings. The molecule has 4 heteroatoms. The van der Waals surface area contributed by atoms with E-state index in [1.165, 1.54) is 6.08 Å². The average molecular weight is 290 g/mol. The third kappa shape index (κ3) is 6.25. The number of rotatable bonds is 7. The van der Waals surface area contributed by atoms with Crippen LogP contribution in [0.4, 0.5) is 0 Å². The molecule has 0 radical (unpaired) electrons. The fourth-order valence-electron chi connectivity index (χ4n) is 1.39. The number of hydrogen-bond donors (Lipinski definition) is 0. The molecule has 0 saturated heterocycles. The molecular weight excluding hydrogens is 268 g/mol. The van der Waals surface area contributed by atoms with E-state index in [0.717, 1.165) is 5.56 Å². The van der Waals surface area contributed by atoms with Gasteiger partial charge in [0.25, 0.3) is 0 Å². The molecule has 0 saturated carbocycles. The van der Waals surface area contributed by atoms with E-state index in [1.807, 2.05) is 51.1 Å². The van der Waals surface area contributed by atoms with Crippen molar-refractivity contribution in [3.05, 3.63) is 42.0 Å². The normalized spacial score (nSPS) is 11.4. The minimum Gasteiger partial charge on any atom is -0.462 e. The predicted octanol–water partition coefficient (Wildman–Crippen LogP) is 3.22. The van der Waals surface area contributed by atoms with Gasteiger partial charge in [0.1, 0.15) is 13.2 Å². The van der Waals surface area contributed by atoms with E-state index in [0.29, 0.717) is 6.42 Å². The van der Waals surface area contributed by atoms with Crippen molar-refractivity contribution < 1.29 is 19.1 Å². The molecule has 0 aliphatic rings. The standard InChI is InChI=1S/C17H22O4/c1-4-17(2,3)16(19)21-13-12-20-15(18)11-10-14-8-6-5-7-9-14/h5-11H,4,12-13H2,1-3H3/b11-10+. The number of carbonyl (C=O) groups is 2. The Kier molecular flexibility index (Phi) is 6.66. The summed E-state index contributed by atoms with van der Waals surface area (Å²) in [7, 11) is 0. The molecule has 0 atom stereocenters. The predicted molar refractivity (Wildman–Crippen MR) is 81.5 cm³/mol. The maximum Gasteiger partial charge on any atom is 0.330 e. The zero-order chi connectivity index (χ0) is 15.7. The second-order valence-electron chi connectivity index (χ2n) is 5.28. The van der Waals surface area contributed by atoms with E-state index in [-0.39, 0.29) is 19.2 Å².